The van der Waals surface area contributed by atoms with Crippen LogP contribution in [0.4, 0.5) is 4.39 Å². The SMILES string of the molecule is CN=C(NCCCn1nc(C)cc1C)NCc1ccc(F)c(C)c1. The van der Waals surface area contributed by atoms with Crippen LogP contribution >= 0.6 is 0 Å². The summed E-state index contributed by atoms with van der Waals surface area (Å²) in [7, 11) is 1.74. The Balaban J connectivity index is 1.74. The second-order valence-corrected chi connectivity index (χ2v) is 5.94. The predicted molar refractivity (Wildman–Crippen MR) is 95.7 cm³/mol. The van der Waals surface area contributed by atoms with Gasteiger partial charge in [0, 0.05) is 32.4 Å². The van der Waals surface area contributed by atoms with Crippen molar-refractivity contribution >= 4 is 5.96 Å². The molecule has 0 saturated carbocycles. The third-order valence-corrected chi connectivity index (χ3v) is 3.85. The number of aromatic nitrogens is 2. The molecule has 0 amide bonds. The second kappa shape index (κ2) is 8.47. The van der Waals surface area contributed by atoms with Crippen LogP contribution in [0.2, 0.25) is 0 Å². The number of guanidine groups is 1. The first kappa shape index (κ1) is 18.0. The van der Waals surface area contributed by atoms with Crippen molar-refractivity contribution in [2.75, 3.05) is 13.6 Å². The monoisotopic (exact) mass is 331 g/mol. The third kappa shape index (κ3) is 5.08. The Morgan fingerprint density at radius 3 is 2.62 bits per heavy atom. The molecule has 0 atom stereocenters. The molecule has 6 heteroatoms. The van der Waals surface area contributed by atoms with Crippen molar-refractivity contribution in [1.82, 2.24) is 20.4 Å². The zero-order chi connectivity index (χ0) is 17.5. The minimum absolute atomic E-state index is 0.176. The molecule has 2 aromatic rings. The minimum atomic E-state index is -0.176. The average Bonchev–Trinajstić information content (AvgIpc) is 2.87. The predicted octanol–water partition coefficient (Wildman–Crippen LogP) is 2.70. The van der Waals surface area contributed by atoms with Crippen LogP contribution in [0.25, 0.3) is 0 Å². The first-order valence-electron chi connectivity index (χ1n) is 8.20. The van der Waals surface area contributed by atoms with Gasteiger partial charge in [-0.25, -0.2) is 4.39 Å². The summed E-state index contributed by atoms with van der Waals surface area (Å²) in [6.45, 7) is 8.13. The summed E-state index contributed by atoms with van der Waals surface area (Å²) in [5.41, 5.74) is 3.91. The van der Waals surface area contributed by atoms with E-state index in [2.05, 4.69) is 33.7 Å². The average molecular weight is 331 g/mol. The highest BCUT2D eigenvalue weighted by atomic mass is 19.1. The van der Waals surface area contributed by atoms with Crippen LogP contribution in [-0.4, -0.2) is 29.3 Å². The van der Waals surface area contributed by atoms with E-state index in [0.717, 1.165) is 36.7 Å². The highest BCUT2D eigenvalue weighted by Crippen LogP contribution is 2.08. The molecule has 24 heavy (non-hydrogen) atoms. The molecule has 0 spiro atoms. The van der Waals surface area contributed by atoms with Crippen molar-refractivity contribution in [2.24, 2.45) is 4.99 Å². The van der Waals surface area contributed by atoms with Crippen LogP contribution in [0, 0.1) is 26.6 Å². The van der Waals surface area contributed by atoms with E-state index in [-0.39, 0.29) is 5.82 Å². The Morgan fingerprint density at radius 2 is 2.00 bits per heavy atom. The maximum atomic E-state index is 13.3. The number of hydrogen-bond acceptors (Lipinski definition) is 2. The molecule has 1 aromatic heterocycles. The summed E-state index contributed by atoms with van der Waals surface area (Å²) < 4.78 is 15.3. The van der Waals surface area contributed by atoms with Gasteiger partial charge in [-0.2, -0.15) is 5.10 Å². The second-order valence-electron chi connectivity index (χ2n) is 5.94. The molecule has 2 rings (SSSR count). The first-order valence-corrected chi connectivity index (χ1v) is 8.20. The summed E-state index contributed by atoms with van der Waals surface area (Å²) in [6, 6.07) is 7.21. The molecule has 0 saturated heterocycles. The molecular formula is C18H26FN5. The maximum Gasteiger partial charge on any atom is 0.191 e. The fraction of sp³-hybridized carbons (Fsp3) is 0.444. The van der Waals surface area contributed by atoms with Gasteiger partial charge in [0.2, 0.25) is 0 Å². The van der Waals surface area contributed by atoms with Gasteiger partial charge >= 0.3 is 0 Å². The lowest BCUT2D eigenvalue weighted by molar-refractivity contribution is 0.555. The van der Waals surface area contributed by atoms with Crippen molar-refractivity contribution in [3.05, 3.63) is 52.6 Å². The Morgan fingerprint density at radius 1 is 1.21 bits per heavy atom. The summed E-state index contributed by atoms with van der Waals surface area (Å²) in [4.78, 5) is 4.21. The number of hydrogen-bond donors (Lipinski definition) is 2. The van der Waals surface area contributed by atoms with Gasteiger partial charge in [0.1, 0.15) is 5.82 Å². The van der Waals surface area contributed by atoms with Gasteiger partial charge in [-0.15, -0.1) is 0 Å². The summed E-state index contributed by atoms with van der Waals surface area (Å²) in [5.74, 6) is 0.566. The fourth-order valence-corrected chi connectivity index (χ4v) is 2.56. The quantitative estimate of drug-likeness (QED) is 0.486. The van der Waals surface area contributed by atoms with E-state index in [0.29, 0.717) is 12.1 Å². The third-order valence-electron chi connectivity index (χ3n) is 3.85. The van der Waals surface area contributed by atoms with Crippen LogP contribution in [0.5, 0.6) is 0 Å². The molecule has 5 nitrogen and oxygen atoms in total. The highest BCUT2D eigenvalue weighted by molar-refractivity contribution is 5.79. The number of rotatable bonds is 6. The van der Waals surface area contributed by atoms with Crippen LogP contribution < -0.4 is 10.6 Å². The van der Waals surface area contributed by atoms with Crippen LogP contribution in [0.3, 0.4) is 0 Å². The zero-order valence-corrected chi connectivity index (χ0v) is 14.9. The minimum Gasteiger partial charge on any atom is -0.356 e. The van der Waals surface area contributed by atoms with Gasteiger partial charge in [-0.05, 0) is 50.5 Å². The summed E-state index contributed by atoms with van der Waals surface area (Å²) >= 11 is 0. The molecule has 0 aliphatic carbocycles. The Bertz CT molecular complexity index is 705. The number of benzene rings is 1. The van der Waals surface area contributed by atoms with Gasteiger partial charge < -0.3 is 10.6 Å². The molecule has 0 radical (unpaired) electrons. The van der Waals surface area contributed by atoms with Crippen molar-refractivity contribution in [1.29, 1.82) is 0 Å². The Hall–Kier alpha value is -2.37. The molecule has 0 aliphatic rings. The number of aryl methyl sites for hydroxylation is 4. The number of halogens is 1. The Kier molecular flexibility index (Phi) is 6.35. The lowest BCUT2D eigenvalue weighted by Gasteiger charge is -2.12. The molecule has 0 bridgehead atoms. The van der Waals surface area contributed by atoms with E-state index < -0.39 is 0 Å². The lowest BCUT2D eigenvalue weighted by atomic mass is 10.1. The molecule has 0 unspecified atom stereocenters. The van der Waals surface area contributed by atoms with E-state index in [9.17, 15) is 4.39 Å². The molecule has 2 N–H and O–H groups in total. The van der Waals surface area contributed by atoms with Crippen molar-refractivity contribution in [3.8, 4) is 0 Å². The smallest absolute Gasteiger partial charge is 0.191 e. The van der Waals surface area contributed by atoms with Crippen LogP contribution in [0.15, 0.2) is 29.3 Å². The highest BCUT2D eigenvalue weighted by Gasteiger charge is 2.03. The molecular weight excluding hydrogens is 305 g/mol. The van der Waals surface area contributed by atoms with Crippen molar-refractivity contribution < 1.29 is 4.39 Å². The molecule has 130 valence electrons. The van der Waals surface area contributed by atoms with Gasteiger partial charge in [0.25, 0.3) is 0 Å². The van der Waals surface area contributed by atoms with E-state index >= 15 is 0 Å². The largest absolute Gasteiger partial charge is 0.356 e. The number of nitrogens with zero attached hydrogens (tertiary/aromatic N) is 3. The Labute approximate surface area is 143 Å². The summed E-state index contributed by atoms with van der Waals surface area (Å²) in [5, 5.41) is 11.0. The van der Waals surface area contributed by atoms with E-state index in [4.69, 9.17) is 0 Å². The van der Waals surface area contributed by atoms with Crippen molar-refractivity contribution in [2.45, 2.75) is 40.3 Å². The summed E-state index contributed by atoms with van der Waals surface area (Å²) in [6.07, 6.45) is 0.957. The zero-order valence-electron chi connectivity index (χ0n) is 14.9. The van der Waals surface area contributed by atoms with Gasteiger partial charge in [-0.1, -0.05) is 12.1 Å². The van der Waals surface area contributed by atoms with Gasteiger partial charge in [0.15, 0.2) is 5.96 Å². The lowest BCUT2D eigenvalue weighted by Crippen LogP contribution is -2.37. The first-order chi connectivity index (χ1) is 11.5. The van der Waals surface area contributed by atoms with Crippen molar-refractivity contribution in [3.63, 3.8) is 0 Å². The molecule has 1 heterocycles. The topological polar surface area (TPSA) is 54.2 Å². The number of nitrogens with one attached hydrogen (secondary N) is 2. The molecule has 1 aromatic carbocycles. The maximum absolute atomic E-state index is 13.3. The molecule has 0 fully saturated rings. The van der Waals surface area contributed by atoms with Crippen LogP contribution in [-0.2, 0) is 13.1 Å². The van der Waals surface area contributed by atoms with E-state index in [1.165, 1.54) is 11.8 Å². The fourth-order valence-electron chi connectivity index (χ4n) is 2.56. The van der Waals surface area contributed by atoms with Gasteiger partial charge in [-0.3, -0.25) is 9.67 Å². The van der Waals surface area contributed by atoms with Crippen LogP contribution in [0.1, 0.15) is 28.9 Å². The van der Waals surface area contributed by atoms with E-state index in [1.807, 2.05) is 17.7 Å². The number of aliphatic imine (C=N–C) groups is 1. The van der Waals surface area contributed by atoms with E-state index in [1.54, 1.807) is 20.0 Å². The molecule has 0 aliphatic heterocycles. The normalized spacial score (nSPS) is 11.6. The van der Waals surface area contributed by atoms with Gasteiger partial charge in [0.05, 0.1) is 5.69 Å². The standard InChI is InChI=1S/C18H26FN5/c1-13-10-16(6-7-17(13)19)12-22-18(20-4)21-8-5-9-24-15(3)11-14(2)23-24/h6-7,10-11H,5,8-9,12H2,1-4H3,(H2,20,21,22).